The second kappa shape index (κ2) is 10.0. The first kappa shape index (κ1) is 25.0. The van der Waals surface area contributed by atoms with Gasteiger partial charge in [-0.3, -0.25) is 9.69 Å². The molecular weight excluding hydrogens is 576 g/mol. The quantitative estimate of drug-likeness (QED) is 0.291. The van der Waals surface area contributed by atoms with Gasteiger partial charge in [0.15, 0.2) is 5.13 Å². The largest absolute Gasteiger partial charge is 0.467 e. The molecule has 1 saturated heterocycles. The fraction of sp³-hybridized carbons (Fsp3) is 0.250. The fourth-order valence-electron chi connectivity index (χ4n) is 4.18. The number of hydrogen-bond acceptors (Lipinski definition) is 6. The van der Waals surface area contributed by atoms with Crippen LogP contribution in [0.2, 0.25) is 0 Å². The molecule has 1 amide bonds. The molecule has 12 heteroatoms. The van der Waals surface area contributed by atoms with E-state index in [0.717, 1.165) is 31.1 Å². The highest BCUT2D eigenvalue weighted by Crippen LogP contribution is 2.34. The Bertz CT molecular complexity index is 1520. The van der Waals surface area contributed by atoms with Crippen LogP contribution < -0.4 is 4.90 Å². The van der Waals surface area contributed by atoms with Crippen molar-refractivity contribution in [2.24, 2.45) is 5.92 Å². The SMILES string of the molecule is O=C(C1CCN(S(=O)(=O)c2cc(F)ccc2F)CC1)N(Cc1ccco1)c1nc2ccc(Br)cc2s1. The van der Waals surface area contributed by atoms with E-state index in [1.807, 2.05) is 18.2 Å². The minimum absolute atomic E-state index is 0.01000. The highest BCUT2D eigenvalue weighted by molar-refractivity contribution is 9.10. The lowest BCUT2D eigenvalue weighted by Gasteiger charge is -2.32. The van der Waals surface area contributed by atoms with E-state index in [0.29, 0.717) is 17.0 Å². The molecule has 1 aliphatic heterocycles. The van der Waals surface area contributed by atoms with Crippen LogP contribution in [-0.2, 0) is 21.4 Å². The van der Waals surface area contributed by atoms with E-state index < -0.39 is 32.5 Å². The van der Waals surface area contributed by atoms with E-state index in [9.17, 15) is 22.0 Å². The first-order valence-corrected chi connectivity index (χ1v) is 14.1. The Morgan fingerprint density at radius 1 is 1.17 bits per heavy atom. The average molecular weight is 596 g/mol. The number of amides is 1. The maximum Gasteiger partial charge on any atom is 0.246 e. The molecular formula is C24H20BrF2N3O4S2. The van der Waals surface area contributed by atoms with Gasteiger partial charge in [0.25, 0.3) is 0 Å². The van der Waals surface area contributed by atoms with Crippen molar-refractivity contribution in [3.05, 3.63) is 76.7 Å². The van der Waals surface area contributed by atoms with Crippen LogP contribution in [0.3, 0.4) is 0 Å². The molecule has 0 saturated carbocycles. The van der Waals surface area contributed by atoms with E-state index in [-0.39, 0.29) is 38.4 Å². The van der Waals surface area contributed by atoms with Crippen molar-refractivity contribution in [1.82, 2.24) is 9.29 Å². The Balaban J connectivity index is 1.37. The number of furan rings is 1. The summed E-state index contributed by atoms with van der Waals surface area (Å²) < 4.78 is 62.0. The fourth-order valence-corrected chi connectivity index (χ4v) is 7.25. The lowest BCUT2D eigenvalue weighted by atomic mass is 9.96. The van der Waals surface area contributed by atoms with Gasteiger partial charge in [-0.15, -0.1) is 0 Å². The lowest BCUT2D eigenvalue weighted by molar-refractivity contribution is -0.123. The Morgan fingerprint density at radius 3 is 2.67 bits per heavy atom. The normalized spacial score (nSPS) is 15.4. The maximum atomic E-state index is 14.2. The van der Waals surface area contributed by atoms with Crippen molar-refractivity contribution in [1.29, 1.82) is 0 Å². The second-order valence-electron chi connectivity index (χ2n) is 8.37. The minimum atomic E-state index is -4.24. The number of nitrogens with zero attached hydrogens (tertiary/aromatic N) is 3. The first-order chi connectivity index (χ1) is 17.2. The standard InChI is InChI=1S/C24H20BrF2N3O4S2/c25-16-3-6-20-21(12-16)35-24(28-20)30(14-18-2-1-11-34-18)23(31)15-7-9-29(10-8-15)36(32,33)22-13-17(26)4-5-19(22)27/h1-6,11-13,15H,7-10,14H2. The highest BCUT2D eigenvalue weighted by atomic mass is 79.9. The topological polar surface area (TPSA) is 83.7 Å². The number of sulfonamides is 1. The minimum Gasteiger partial charge on any atom is -0.467 e. The molecule has 7 nitrogen and oxygen atoms in total. The second-order valence-corrected chi connectivity index (χ2v) is 12.2. The van der Waals surface area contributed by atoms with Gasteiger partial charge in [0, 0.05) is 23.5 Å². The average Bonchev–Trinajstić information content (AvgIpc) is 3.53. The van der Waals surface area contributed by atoms with E-state index >= 15 is 0 Å². The van der Waals surface area contributed by atoms with Crippen LogP contribution in [0.15, 0.2) is 68.6 Å². The van der Waals surface area contributed by atoms with Gasteiger partial charge in [-0.1, -0.05) is 27.3 Å². The summed E-state index contributed by atoms with van der Waals surface area (Å²) in [5.74, 6) is -1.93. The predicted octanol–water partition coefficient (Wildman–Crippen LogP) is 5.56. The molecule has 4 aromatic rings. The molecule has 0 bridgehead atoms. The molecule has 0 radical (unpaired) electrons. The molecule has 5 rings (SSSR count). The molecule has 188 valence electrons. The monoisotopic (exact) mass is 595 g/mol. The number of benzene rings is 2. The molecule has 0 aliphatic carbocycles. The van der Waals surface area contributed by atoms with Crippen LogP contribution in [0.4, 0.5) is 13.9 Å². The number of halogens is 3. The van der Waals surface area contributed by atoms with Gasteiger partial charge in [0.1, 0.15) is 22.3 Å². The van der Waals surface area contributed by atoms with Gasteiger partial charge in [0.2, 0.25) is 15.9 Å². The maximum absolute atomic E-state index is 14.2. The third-order valence-corrected chi connectivity index (χ3v) is 9.49. The molecule has 0 spiro atoms. The summed E-state index contributed by atoms with van der Waals surface area (Å²) in [5, 5.41) is 0.515. The predicted molar refractivity (Wildman–Crippen MR) is 135 cm³/mol. The third kappa shape index (κ3) is 4.95. The Kier molecular flexibility index (Phi) is 6.95. The molecule has 36 heavy (non-hydrogen) atoms. The molecule has 0 unspecified atom stereocenters. The number of anilines is 1. The van der Waals surface area contributed by atoms with Crippen LogP contribution in [0, 0.1) is 17.6 Å². The van der Waals surface area contributed by atoms with E-state index in [2.05, 4.69) is 20.9 Å². The van der Waals surface area contributed by atoms with Crippen LogP contribution in [0.5, 0.6) is 0 Å². The first-order valence-electron chi connectivity index (χ1n) is 11.1. The molecule has 0 atom stereocenters. The van der Waals surface area contributed by atoms with Crippen molar-refractivity contribution in [2.75, 3.05) is 18.0 Å². The van der Waals surface area contributed by atoms with Crippen LogP contribution in [-0.4, -0.2) is 36.7 Å². The van der Waals surface area contributed by atoms with Crippen molar-refractivity contribution in [3.63, 3.8) is 0 Å². The van der Waals surface area contributed by atoms with Gasteiger partial charge >= 0.3 is 0 Å². The van der Waals surface area contributed by atoms with E-state index in [1.54, 1.807) is 17.0 Å². The Labute approximate surface area is 218 Å². The summed E-state index contributed by atoms with van der Waals surface area (Å²) in [6, 6.07) is 11.5. The molecule has 2 aromatic heterocycles. The van der Waals surface area contributed by atoms with Gasteiger partial charge in [0.05, 0.1) is 23.0 Å². The summed E-state index contributed by atoms with van der Waals surface area (Å²) in [6.07, 6.45) is 2.00. The van der Waals surface area contributed by atoms with E-state index in [1.165, 1.54) is 17.6 Å². The number of fused-ring (bicyclic) bond motifs is 1. The van der Waals surface area contributed by atoms with Crippen molar-refractivity contribution >= 4 is 58.5 Å². The summed E-state index contributed by atoms with van der Waals surface area (Å²) in [4.78, 5) is 19.2. The van der Waals surface area contributed by atoms with Gasteiger partial charge in [-0.25, -0.2) is 22.2 Å². The van der Waals surface area contributed by atoms with Gasteiger partial charge in [-0.05, 0) is 61.4 Å². The number of piperidine rings is 1. The van der Waals surface area contributed by atoms with Crippen LogP contribution in [0.25, 0.3) is 10.2 Å². The zero-order chi connectivity index (χ0) is 25.4. The number of thiazole rings is 1. The molecule has 0 N–H and O–H groups in total. The van der Waals surface area contributed by atoms with Crippen molar-refractivity contribution in [2.45, 2.75) is 24.3 Å². The zero-order valence-electron chi connectivity index (χ0n) is 18.7. The lowest BCUT2D eigenvalue weighted by Crippen LogP contribution is -2.44. The molecule has 1 fully saturated rings. The summed E-state index contributed by atoms with van der Waals surface area (Å²) in [7, 11) is -4.24. The zero-order valence-corrected chi connectivity index (χ0v) is 22.0. The van der Waals surface area contributed by atoms with Crippen molar-refractivity contribution < 1.29 is 26.4 Å². The number of rotatable bonds is 6. The highest BCUT2D eigenvalue weighted by Gasteiger charge is 2.36. The summed E-state index contributed by atoms with van der Waals surface area (Å²) >= 11 is 4.83. The number of carbonyl (C=O) groups is 1. The van der Waals surface area contributed by atoms with Gasteiger partial charge < -0.3 is 4.42 Å². The third-order valence-electron chi connectivity index (χ3n) is 6.04. The number of aromatic nitrogens is 1. The van der Waals surface area contributed by atoms with Crippen LogP contribution in [0.1, 0.15) is 18.6 Å². The summed E-state index contributed by atoms with van der Waals surface area (Å²) in [5.41, 5.74) is 0.758. The number of carbonyl (C=O) groups excluding carboxylic acids is 1. The molecule has 1 aliphatic rings. The number of hydrogen-bond donors (Lipinski definition) is 0. The Morgan fingerprint density at radius 2 is 1.94 bits per heavy atom. The summed E-state index contributed by atoms with van der Waals surface area (Å²) in [6.45, 7) is 0.200. The van der Waals surface area contributed by atoms with Crippen LogP contribution >= 0.6 is 27.3 Å². The Hall–Kier alpha value is -2.67. The van der Waals surface area contributed by atoms with E-state index in [4.69, 9.17) is 4.42 Å². The van der Waals surface area contributed by atoms with Gasteiger partial charge in [-0.2, -0.15) is 4.31 Å². The molecule has 3 heterocycles. The van der Waals surface area contributed by atoms with Crippen molar-refractivity contribution in [3.8, 4) is 0 Å². The smallest absolute Gasteiger partial charge is 0.246 e. The molecule has 2 aromatic carbocycles.